The van der Waals surface area contributed by atoms with E-state index in [0.29, 0.717) is 4.47 Å². The second-order valence-electron chi connectivity index (χ2n) is 5.52. The smallest absolute Gasteiger partial charge is 0.283 e. The average Bonchev–Trinajstić information content (AvgIpc) is 2.66. The molecule has 0 bridgehead atoms. The van der Waals surface area contributed by atoms with Crippen molar-refractivity contribution in [2.24, 2.45) is 5.92 Å². The molecule has 1 aromatic carbocycles. The Bertz CT molecular complexity index is 479. The lowest BCUT2D eigenvalue weighted by molar-refractivity contribution is -0.385. The molecular formula is C15H21BrN2O2. The van der Waals surface area contributed by atoms with Crippen molar-refractivity contribution in [3.63, 3.8) is 0 Å². The van der Waals surface area contributed by atoms with Crippen LogP contribution < -0.4 is 0 Å². The highest BCUT2D eigenvalue weighted by Gasteiger charge is 2.17. The molecule has 1 heterocycles. The van der Waals surface area contributed by atoms with Crippen LogP contribution in [0.4, 0.5) is 5.69 Å². The summed E-state index contributed by atoms with van der Waals surface area (Å²) in [6, 6.07) is 5.44. The van der Waals surface area contributed by atoms with Crippen molar-refractivity contribution >= 4 is 21.6 Å². The van der Waals surface area contributed by atoms with E-state index in [0.717, 1.165) is 31.1 Å². The van der Waals surface area contributed by atoms with Crippen LogP contribution in [-0.4, -0.2) is 22.9 Å². The normalized spacial score (nSPS) is 20.6. The Morgan fingerprint density at radius 3 is 2.90 bits per heavy atom. The van der Waals surface area contributed by atoms with Gasteiger partial charge in [-0.15, -0.1) is 0 Å². The van der Waals surface area contributed by atoms with Crippen LogP contribution in [0.15, 0.2) is 22.7 Å². The molecule has 1 aliphatic rings. The number of hydrogen-bond acceptors (Lipinski definition) is 3. The van der Waals surface area contributed by atoms with Gasteiger partial charge in [-0.2, -0.15) is 0 Å². The van der Waals surface area contributed by atoms with E-state index in [-0.39, 0.29) is 10.6 Å². The summed E-state index contributed by atoms with van der Waals surface area (Å²) in [4.78, 5) is 13.1. The van der Waals surface area contributed by atoms with Crippen LogP contribution in [-0.2, 0) is 6.54 Å². The van der Waals surface area contributed by atoms with Gasteiger partial charge in [0, 0.05) is 12.6 Å². The number of benzene rings is 1. The predicted molar refractivity (Wildman–Crippen MR) is 83.7 cm³/mol. The molecule has 20 heavy (non-hydrogen) atoms. The Kier molecular flexibility index (Phi) is 5.54. The molecule has 2 rings (SSSR count). The number of hydrogen-bond donors (Lipinski definition) is 0. The highest BCUT2D eigenvalue weighted by molar-refractivity contribution is 9.10. The third kappa shape index (κ3) is 4.03. The average molecular weight is 341 g/mol. The minimum Gasteiger partial charge on any atom is -0.299 e. The number of likely N-dealkylation sites (tertiary alicyclic amines) is 1. The first kappa shape index (κ1) is 15.4. The maximum atomic E-state index is 11.0. The molecule has 1 fully saturated rings. The summed E-state index contributed by atoms with van der Waals surface area (Å²) >= 11 is 3.23. The SMILES string of the molecule is CCC1CCCN(Cc2ccc(Br)c([N+](=O)[O-])c2)CC1. The fraction of sp³-hybridized carbons (Fsp3) is 0.600. The quantitative estimate of drug-likeness (QED) is 0.603. The van der Waals surface area contributed by atoms with Crippen LogP contribution in [0.3, 0.4) is 0 Å². The van der Waals surface area contributed by atoms with E-state index in [2.05, 4.69) is 27.8 Å². The molecule has 1 atom stereocenters. The van der Waals surface area contributed by atoms with Crippen LogP contribution in [0.1, 0.15) is 38.2 Å². The molecule has 0 saturated carbocycles. The van der Waals surface area contributed by atoms with Gasteiger partial charge in [0.2, 0.25) is 0 Å². The zero-order valence-corrected chi connectivity index (χ0v) is 13.4. The summed E-state index contributed by atoms with van der Waals surface area (Å²) in [5, 5.41) is 11.0. The highest BCUT2D eigenvalue weighted by Crippen LogP contribution is 2.27. The van der Waals surface area contributed by atoms with Gasteiger partial charge in [0.25, 0.3) is 5.69 Å². The fourth-order valence-electron chi connectivity index (χ4n) is 2.85. The van der Waals surface area contributed by atoms with Crippen LogP contribution in [0.25, 0.3) is 0 Å². The maximum absolute atomic E-state index is 11.0. The summed E-state index contributed by atoms with van der Waals surface area (Å²) in [5.74, 6) is 0.847. The van der Waals surface area contributed by atoms with Crippen molar-refractivity contribution in [1.29, 1.82) is 0 Å². The predicted octanol–water partition coefficient (Wildman–Crippen LogP) is 4.37. The lowest BCUT2D eigenvalue weighted by atomic mass is 9.98. The van der Waals surface area contributed by atoms with Gasteiger partial charge in [-0.1, -0.05) is 19.4 Å². The summed E-state index contributed by atoms with van der Waals surface area (Å²) in [7, 11) is 0. The third-order valence-electron chi connectivity index (χ3n) is 4.13. The van der Waals surface area contributed by atoms with E-state index >= 15 is 0 Å². The third-order valence-corrected chi connectivity index (χ3v) is 4.80. The highest BCUT2D eigenvalue weighted by atomic mass is 79.9. The minimum absolute atomic E-state index is 0.156. The van der Waals surface area contributed by atoms with Crippen LogP contribution >= 0.6 is 15.9 Å². The largest absolute Gasteiger partial charge is 0.299 e. The molecule has 1 unspecified atom stereocenters. The van der Waals surface area contributed by atoms with Gasteiger partial charge in [-0.25, -0.2) is 0 Å². The molecule has 1 aromatic rings. The summed E-state index contributed by atoms with van der Waals surface area (Å²) < 4.78 is 0.549. The zero-order chi connectivity index (χ0) is 14.5. The monoisotopic (exact) mass is 340 g/mol. The van der Waals surface area contributed by atoms with Crippen molar-refractivity contribution in [2.75, 3.05) is 13.1 Å². The minimum atomic E-state index is -0.330. The van der Waals surface area contributed by atoms with Crippen molar-refractivity contribution in [2.45, 2.75) is 39.2 Å². The Morgan fingerprint density at radius 2 is 2.20 bits per heavy atom. The van der Waals surface area contributed by atoms with Gasteiger partial charge in [-0.3, -0.25) is 15.0 Å². The topological polar surface area (TPSA) is 46.4 Å². The second kappa shape index (κ2) is 7.18. The van der Waals surface area contributed by atoms with Crippen molar-refractivity contribution in [1.82, 2.24) is 4.90 Å². The van der Waals surface area contributed by atoms with Gasteiger partial charge in [-0.05, 0) is 65.8 Å². The van der Waals surface area contributed by atoms with E-state index in [1.807, 2.05) is 6.07 Å². The molecule has 110 valence electrons. The van der Waals surface area contributed by atoms with Gasteiger partial charge in [0.15, 0.2) is 0 Å². The Hall–Kier alpha value is -0.940. The molecule has 1 saturated heterocycles. The van der Waals surface area contributed by atoms with E-state index in [9.17, 15) is 10.1 Å². The lowest BCUT2D eigenvalue weighted by Gasteiger charge is -2.20. The van der Waals surface area contributed by atoms with Crippen LogP contribution in [0, 0.1) is 16.0 Å². The van der Waals surface area contributed by atoms with E-state index in [1.165, 1.54) is 25.7 Å². The van der Waals surface area contributed by atoms with Gasteiger partial charge in [0.1, 0.15) is 0 Å². The molecule has 0 N–H and O–H groups in total. The van der Waals surface area contributed by atoms with Crippen molar-refractivity contribution in [3.8, 4) is 0 Å². The number of nitro groups is 1. The summed E-state index contributed by atoms with van der Waals surface area (Å²) in [5.41, 5.74) is 1.18. The van der Waals surface area contributed by atoms with Gasteiger partial charge >= 0.3 is 0 Å². The molecule has 0 amide bonds. The van der Waals surface area contributed by atoms with E-state index < -0.39 is 0 Å². The van der Waals surface area contributed by atoms with Crippen LogP contribution in [0.5, 0.6) is 0 Å². The Labute approximate surface area is 128 Å². The Balaban J connectivity index is 2.02. The number of rotatable bonds is 4. The first-order valence-corrected chi connectivity index (χ1v) is 8.04. The second-order valence-corrected chi connectivity index (χ2v) is 6.38. The number of nitrogens with zero attached hydrogens (tertiary/aromatic N) is 2. The lowest BCUT2D eigenvalue weighted by Crippen LogP contribution is -2.24. The molecule has 1 aliphatic heterocycles. The molecule has 0 spiro atoms. The molecule has 0 aliphatic carbocycles. The Morgan fingerprint density at radius 1 is 1.40 bits per heavy atom. The van der Waals surface area contributed by atoms with Gasteiger partial charge < -0.3 is 0 Å². The summed E-state index contributed by atoms with van der Waals surface area (Å²) in [6.45, 7) is 5.27. The fourth-order valence-corrected chi connectivity index (χ4v) is 3.24. The maximum Gasteiger partial charge on any atom is 0.283 e. The van der Waals surface area contributed by atoms with Crippen molar-refractivity contribution in [3.05, 3.63) is 38.3 Å². The van der Waals surface area contributed by atoms with E-state index in [1.54, 1.807) is 12.1 Å². The first-order valence-electron chi connectivity index (χ1n) is 7.25. The van der Waals surface area contributed by atoms with E-state index in [4.69, 9.17) is 0 Å². The van der Waals surface area contributed by atoms with Gasteiger partial charge in [0.05, 0.1) is 9.40 Å². The van der Waals surface area contributed by atoms with Crippen molar-refractivity contribution < 1.29 is 4.92 Å². The molecule has 0 radical (unpaired) electrons. The first-order chi connectivity index (χ1) is 9.60. The van der Waals surface area contributed by atoms with Crippen LogP contribution in [0.2, 0.25) is 0 Å². The number of nitro benzene ring substituents is 1. The molecular weight excluding hydrogens is 320 g/mol. The molecule has 0 aromatic heterocycles. The standard InChI is InChI=1S/C15H21BrN2O2/c1-2-12-4-3-8-17(9-7-12)11-13-5-6-14(16)15(10-13)18(19)20/h5-6,10,12H,2-4,7-9,11H2,1H3. The zero-order valence-electron chi connectivity index (χ0n) is 11.8. The molecule has 5 heteroatoms. The number of halogens is 1. The summed E-state index contributed by atoms with van der Waals surface area (Å²) in [6.07, 6.45) is 5.05. The molecule has 4 nitrogen and oxygen atoms in total.